The number of hydrogen-bond donors (Lipinski definition) is 1. The van der Waals surface area contributed by atoms with Crippen molar-refractivity contribution in [2.24, 2.45) is 0 Å². The summed E-state index contributed by atoms with van der Waals surface area (Å²) in [5, 5.41) is 3.57. The van der Waals surface area contributed by atoms with Gasteiger partial charge in [-0.2, -0.15) is 0 Å². The molecule has 0 radical (unpaired) electrons. The molecule has 2 nitrogen and oxygen atoms in total. The van der Waals surface area contributed by atoms with E-state index in [1.54, 1.807) is 0 Å². The molecule has 0 fully saturated rings. The highest BCUT2D eigenvalue weighted by molar-refractivity contribution is 6.30. The van der Waals surface area contributed by atoms with Gasteiger partial charge in [-0.1, -0.05) is 35.9 Å². The molecule has 0 saturated heterocycles. The number of carbonyl (C=O) groups is 1. The average Bonchev–Trinajstić information content (AvgIpc) is 2.39. The van der Waals surface area contributed by atoms with Crippen LogP contribution in [0.4, 0.5) is 0 Å². The largest absolute Gasteiger partial charge is 0.352 e. The van der Waals surface area contributed by atoms with E-state index in [-0.39, 0.29) is 5.91 Å². The van der Waals surface area contributed by atoms with E-state index >= 15 is 0 Å². The van der Waals surface area contributed by atoms with E-state index in [2.05, 4.69) is 11.4 Å². The topological polar surface area (TPSA) is 29.1 Å². The Morgan fingerprint density at radius 3 is 2.72 bits per heavy atom. The lowest BCUT2D eigenvalue weighted by Crippen LogP contribution is -2.31. The molecule has 0 saturated carbocycles. The molecule has 18 heavy (non-hydrogen) atoms. The predicted molar refractivity (Wildman–Crippen MR) is 72.9 cm³/mol. The smallest absolute Gasteiger partial charge is 0.251 e. The summed E-state index contributed by atoms with van der Waals surface area (Å²) in [5.74, 6) is 0.0221. The van der Waals surface area contributed by atoms with Crippen LogP contribution in [0.25, 0.3) is 11.1 Å². The molecule has 1 amide bonds. The van der Waals surface area contributed by atoms with Crippen LogP contribution in [-0.4, -0.2) is 12.5 Å². The van der Waals surface area contributed by atoms with Gasteiger partial charge in [0.2, 0.25) is 0 Å². The lowest BCUT2D eigenvalue weighted by molar-refractivity contribution is 0.0946. The Bertz CT molecular complexity index is 622. The van der Waals surface area contributed by atoms with Crippen molar-refractivity contribution >= 4 is 17.5 Å². The Kier molecular flexibility index (Phi) is 2.80. The number of benzene rings is 2. The van der Waals surface area contributed by atoms with E-state index in [1.165, 1.54) is 0 Å². The maximum absolute atomic E-state index is 11.7. The molecule has 0 aromatic heterocycles. The highest BCUT2D eigenvalue weighted by Gasteiger charge is 2.16. The first-order valence-corrected chi connectivity index (χ1v) is 6.29. The van der Waals surface area contributed by atoms with E-state index in [0.29, 0.717) is 6.54 Å². The summed E-state index contributed by atoms with van der Waals surface area (Å²) in [7, 11) is 0. The molecule has 0 spiro atoms. The standard InChI is InChI=1S/C15H12ClNO/c16-13-3-1-2-10(9-13)11-4-5-14-12(8-11)6-7-17-15(14)18/h1-5,8-9H,6-7H2,(H,17,18). The molecule has 3 heteroatoms. The molecule has 0 atom stereocenters. The third kappa shape index (κ3) is 2.00. The summed E-state index contributed by atoms with van der Waals surface area (Å²) in [6.07, 6.45) is 0.884. The van der Waals surface area contributed by atoms with Crippen LogP contribution < -0.4 is 5.32 Å². The number of carbonyl (C=O) groups excluding carboxylic acids is 1. The van der Waals surface area contributed by atoms with Crippen LogP contribution in [-0.2, 0) is 6.42 Å². The van der Waals surface area contributed by atoms with Crippen LogP contribution in [0.1, 0.15) is 15.9 Å². The molecular formula is C15H12ClNO. The van der Waals surface area contributed by atoms with Crippen LogP contribution in [0, 0.1) is 0 Å². The minimum absolute atomic E-state index is 0.0221. The first-order valence-electron chi connectivity index (χ1n) is 5.91. The highest BCUT2D eigenvalue weighted by atomic mass is 35.5. The van der Waals surface area contributed by atoms with Crippen molar-refractivity contribution in [1.29, 1.82) is 0 Å². The first kappa shape index (κ1) is 11.3. The lowest BCUT2D eigenvalue weighted by atomic mass is 9.95. The fraction of sp³-hybridized carbons (Fsp3) is 0.133. The summed E-state index contributed by atoms with van der Waals surface area (Å²) >= 11 is 6.00. The Balaban J connectivity index is 2.07. The van der Waals surface area contributed by atoms with Crippen molar-refractivity contribution in [3.05, 3.63) is 58.6 Å². The average molecular weight is 258 g/mol. The fourth-order valence-electron chi connectivity index (χ4n) is 2.28. The summed E-state index contributed by atoms with van der Waals surface area (Å²) < 4.78 is 0. The summed E-state index contributed by atoms with van der Waals surface area (Å²) in [6, 6.07) is 13.7. The minimum Gasteiger partial charge on any atom is -0.352 e. The number of hydrogen-bond acceptors (Lipinski definition) is 1. The van der Waals surface area contributed by atoms with Crippen LogP contribution in [0.3, 0.4) is 0 Å². The van der Waals surface area contributed by atoms with E-state index in [4.69, 9.17) is 11.6 Å². The molecule has 0 unspecified atom stereocenters. The minimum atomic E-state index is 0.0221. The van der Waals surface area contributed by atoms with Gasteiger partial charge in [0.25, 0.3) is 5.91 Å². The van der Waals surface area contributed by atoms with Gasteiger partial charge in [0.1, 0.15) is 0 Å². The molecular weight excluding hydrogens is 246 g/mol. The zero-order valence-corrected chi connectivity index (χ0v) is 10.5. The van der Waals surface area contributed by atoms with Gasteiger partial charge in [0, 0.05) is 17.1 Å². The number of rotatable bonds is 1. The van der Waals surface area contributed by atoms with Crippen molar-refractivity contribution in [3.8, 4) is 11.1 Å². The third-order valence-corrected chi connectivity index (χ3v) is 3.42. The van der Waals surface area contributed by atoms with E-state index < -0.39 is 0 Å². The van der Waals surface area contributed by atoms with Crippen molar-refractivity contribution in [1.82, 2.24) is 5.32 Å². The third-order valence-electron chi connectivity index (χ3n) is 3.19. The number of nitrogens with one attached hydrogen (secondary N) is 1. The molecule has 1 aliphatic rings. The van der Waals surface area contributed by atoms with Crippen molar-refractivity contribution in [2.45, 2.75) is 6.42 Å². The molecule has 1 N–H and O–H groups in total. The van der Waals surface area contributed by atoms with Crippen molar-refractivity contribution in [3.63, 3.8) is 0 Å². The molecule has 90 valence electrons. The molecule has 0 aliphatic carbocycles. The maximum atomic E-state index is 11.7. The van der Waals surface area contributed by atoms with Crippen LogP contribution in [0.15, 0.2) is 42.5 Å². The molecule has 2 aromatic carbocycles. The van der Waals surface area contributed by atoms with Crippen LogP contribution in [0.2, 0.25) is 5.02 Å². The summed E-state index contributed by atoms with van der Waals surface area (Å²) in [6.45, 7) is 0.713. The predicted octanol–water partition coefficient (Wildman–Crippen LogP) is 3.29. The van der Waals surface area contributed by atoms with E-state index in [1.807, 2.05) is 36.4 Å². The number of fused-ring (bicyclic) bond motifs is 1. The lowest BCUT2D eigenvalue weighted by Gasteiger charge is -2.17. The van der Waals surface area contributed by atoms with Gasteiger partial charge in [-0.15, -0.1) is 0 Å². The maximum Gasteiger partial charge on any atom is 0.251 e. The summed E-state index contributed by atoms with van der Waals surface area (Å²) in [5.41, 5.74) is 4.07. The molecule has 0 bridgehead atoms. The van der Waals surface area contributed by atoms with E-state index in [9.17, 15) is 4.79 Å². The van der Waals surface area contributed by atoms with Crippen molar-refractivity contribution < 1.29 is 4.79 Å². The Labute approximate surface area is 111 Å². The zero-order chi connectivity index (χ0) is 12.5. The SMILES string of the molecule is O=C1NCCc2cc(-c3cccc(Cl)c3)ccc21. The number of halogens is 1. The van der Waals surface area contributed by atoms with Gasteiger partial charge in [-0.05, 0) is 41.3 Å². The Morgan fingerprint density at radius 1 is 1.06 bits per heavy atom. The van der Waals surface area contributed by atoms with Gasteiger partial charge < -0.3 is 5.32 Å². The second kappa shape index (κ2) is 4.46. The van der Waals surface area contributed by atoms with Gasteiger partial charge in [-0.25, -0.2) is 0 Å². The summed E-state index contributed by atoms with van der Waals surface area (Å²) in [4.78, 5) is 11.7. The highest BCUT2D eigenvalue weighted by Crippen LogP contribution is 2.26. The normalized spacial score (nSPS) is 13.9. The quantitative estimate of drug-likeness (QED) is 0.835. The zero-order valence-electron chi connectivity index (χ0n) is 9.74. The number of amides is 1. The first-order chi connectivity index (χ1) is 8.74. The molecule has 3 rings (SSSR count). The molecule has 2 aromatic rings. The fourth-order valence-corrected chi connectivity index (χ4v) is 2.47. The van der Waals surface area contributed by atoms with Gasteiger partial charge in [0.15, 0.2) is 0 Å². The monoisotopic (exact) mass is 257 g/mol. The van der Waals surface area contributed by atoms with Gasteiger partial charge in [-0.3, -0.25) is 4.79 Å². The molecule has 1 aliphatic heterocycles. The van der Waals surface area contributed by atoms with Gasteiger partial charge in [0.05, 0.1) is 0 Å². The van der Waals surface area contributed by atoms with Crippen LogP contribution in [0.5, 0.6) is 0 Å². The Hall–Kier alpha value is -1.80. The van der Waals surface area contributed by atoms with E-state index in [0.717, 1.165) is 33.7 Å². The Morgan fingerprint density at radius 2 is 1.89 bits per heavy atom. The molecule has 1 heterocycles. The van der Waals surface area contributed by atoms with Crippen LogP contribution >= 0.6 is 11.6 Å². The second-order valence-corrected chi connectivity index (χ2v) is 4.82. The second-order valence-electron chi connectivity index (χ2n) is 4.39. The van der Waals surface area contributed by atoms with Crippen molar-refractivity contribution in [2.75, 3.05) is 6.54 Å². The van der Waals surface area contributed by atoms with Gasteiger partial charge >= 0.3 is 0 Å².